The van der Waals surface area contributed by atoms with E-state index in [-0.39, 0.29) is 37.1 Å². The van der Waals surface area contributed by atoms with E-state index in [1.807, 2.05) is 33.9 Å². The molecule has 0 spiro atoms. The fraction of sp³-hybridized carbons (Fsp3) is 0.351. The maximum absolute atomic E-state index is 11.2. The first kappa shape index (κ1) is 32.4. The molecule has 0 bridgehead atoms. The SMILES string of the molecule is CC(C)CC(=O)/C=C(\O)CC(C)C.Cc1c[c-]c2c(c1)-c1cc(C(C)(C)C)ccc1-c1cccc3ccnc-2c13.[Ir]. The molecule has 0 saturated heterocycles. The average Bonchev–Trinajstić information content (AvgIpc) is 2.97. The molecule has 0 atom stereocenters. The second-order valence-electron chi connectivity index (χ2n) is 12.8. The van der Waals surface area contributed by atoms with Crippen LogP contribution in [0, 0.1) is 24.8 Å². The van der Waals surface area contributed by atoms with Crippen LogP contribution in [-0.4, -0.2) is 15.9 Å². The Morgan fingerprint density at radius 1 is 0.927 bits per heavy atom. The van der Waals surface area contributed by atoms with Crippen LogP contribution in [0.2, 0.25) is 0 Å². The van der Waals surface area contributed by atoms with Crippen molar-refractivity contribution in [1.29, 1.82) is 0 Å². The summed E-state index contributed by atoms with van der Waals surface area (Å²) >= 11 is 0. The molecule has 41 heavy (non-hydrogen) atoms. The minimum atomic E-state index is 0. The van der Waals surface area contributed by atoms with Crippen molar-refractivity contribution in [2.45, 2.75) is 73.6 Å². The van der Waals surface area contributed by atoms with E-state index in [2.05, 4.69) is 88.4 Å². The summed E-state index contributed by atoms with van der Waals surface area (Å²) < 4.78 is 0. The number of aliphatic hydroxyl groups excluding tert-OH is 1. The number of rotatable bonds is 5. The maximum atomic E-state index is 11.2. The van der Waals surface area contributed by atoms with Gasteiger partial charge in [0.2, 0.25) is 0 Å². The van der Waals surface area contributed by atoms with Crippen LogP contribution in [0.5, 0.6) is 0 Å². The molecule has 3 nitrogen and oxygen atoms in total. The van der Waals surface area contributed by atoms with E-state index in [1.54, 1.807) is 0 Å². The van der Waals surface area contributed by atoms with Crippen LogP contribution in [0.25, 0.3) is 44.3 Å². The number of nitrogens with zero attached hydrogens (tertiary/aromatic N) is 1. The molecular weight excluding hydrogens is 683 g/mol. The molecule has 1 aromatic heterocycles. The Balaban J connectivity index is 0.000000284. The van der Waals surface area contributed by atoms with Gasteiger partial charge in [-0.15, -0.1) is 29.3 Å². The van der Waals surface area contributed by atoms with E-state index in [1.165, 1.54) is 50.2 Å². The average molecular weight is 725 g/mol. The normalized spacial score (nSPS) is 12.2. The maximum Gasteiger partial charge on any atom is 0.159 e. The molecule has 1 heterocycles. The van der Waals surface area contributed by atoms with E-state index >= 15 is 0 Å². The second-order valence-corrected chi connectivity index (χ2v) is 12.8. The summed E-state index contributed by atoms with van der Waals surface area (Å²) in [6.07, 6.45) is 4.38. The molecule has 0 unspecified atom stereocenters. The van der Waals surface area contributed by atoms with Crippen LogP contribution in [0.1, 0.15) is 72.4 Å². The van der Waals surface area contributed by atoms with Crippen molar-refractivity contribution in [3.63, 3.8) is 0 Å². The predicted molar refractivity (Wildman–Crippen MR) is 169 cm³/mol. The van der Waals surface area contributed by atoms with E-state index in [0.29, 0.717) is 24.7 Å². The fourth-order valence-corrected chi connectivity index (χ4v) is 5.25. The fourth-order valence-electron chi connectivity index (χ4n) is 5.25. The van der Waals surface area contributed by atoms with Gasteiger partial charge in [0.25, 0.3) is 0 Å². The Bertz CT molecular complexity index is 1570. The number of allylic oxidation sites excluding steroid dienone is 2. The van der Waals surface area contributed by atoms with Gasteiger partial charge in [0.15, 0.2) is 5.78 Å². The number of fused-ring (bicyclic) bond motifs is 5. The van der Waals surface area contributed by atoms with Gasteiger partial charge < -0.3 is 10.1 Å². The third kappa shape index (κ3) is 7.61. The van der Waals surface area contributed by atoms with Gasteiger partial charge >= 0.3 is 0 Å². The van der Waals surface area contributed by atoms with E-state index in [4.69, 9.17) is 4.98 Å². The van der Waals surface area contributed by atoms with Gasteiger partial charge in [-0.3, -0.25) is 4.79 Å². The number of hydrogen-bond acceptors (Lipinski definition) is 3. The van der Waals surface area contributed by atoms with Gasteiger partial charge in [-0.2, -0.15) is 0 Å². The van der Waals surface area contributed by atoms with E-state index in [0.717, 1.165) is 11.3 Å². The van der Waals surface area contributed by atoms with Crippen molar-refractivity contribution in [3.05, 3.63) is 89.8 Å². The van der Waals surface area contributed by atoms with Crippen LogP contribution < -0.4 is 0 Å². The first-order valence-corrected chi connectivity index (χ1v) is 14.3. The number of carbonyl (C=O) groups excluding carboxylic acids is 1. The number of hydrogen-bond donors (Lipinski definition) is 1. The second kappa shape index (κ2) is 13.3. The van der Waals surface area contributed by atoms with Crippen LogP contribution in [-0.2, 0) is 30.3 Å². The monoisotopic (exact) mass is 725 g/mol. The van der Waals surface area contributed by atoms with Crippen molar-refractivity contribution in [2.24, 2.45) is 11.8 Å². The Hall–Kier alpha value is -3.07. The van der Waals surface area contributed by atoms with Crippen molar-refractivity contribution < 1.29 is 30.0 Å². The predicted octanol–water partition coefficient (Wildman–Crippen LogP) is 10.0. The van der Waals surface area contributed by atoms with Gasteiger partial charge in [0.05, 0.1) is 5.76 Å². The molecule has 0 fully saturated rings. The molecule has 4 aromatic rings. The number of carbonyl (C=O) groups is 1. The quantitative estimate of drug-likeness (QED) is 0.112. The Morgan fingerprint density at radius 3 is 2.29 bits per heavy atom. The number of ketones is 1. The molecule has 217 valence electrons. The number of benzene rings is 3. The molecule has 0 amide bonds. The van der Waals surface area contributed by atoms with Crippen LogP contribution in [0.3, 0.4) is 0 Å². The van der Waals surface area contributed by atoms with Crippen molar-refractivity contribution in [1.82, 2.24) is 4.98 Å². The molecule has 3 aromatic carbocycles. The van der Waals surface area contributed by atoms with Crippen molar-refractivity contribution in [2.75, 3.05) is 0 Å². The molecule has 1 radical (unpaired) electrons. The largest absolute Gasteiger partial charge is 0.512 e. The Labute approximate surface area is 259 Å². The molecule has 1 aliphatic carbocycles. The summed E-state index contributed by atoms with van der Waals surface area (Å²) in [5, 5.41) is 11.8. The molecule has 1 N–H and O–H groups in total. The number of pyridine rings is 1. The molecular formula is C37H42IrNO2-. The zero-order valence-corrected chi connectivity index (χ0v) is 28.0. The third-order valence-corrected chi connectivity index (χ3v) is 7.13. The number of aliphatic hydroxyl groups is 1. The van der Waals surface area contributed by atoms with Gasteiger partial charge in [-0.1, -0.05) is 103 Å². The van der Waals surface area contributed by atoms with Gasteiger partial charge in [0.1, 0.15) is 0 Å². The summed E-state index contributed by atoms with van der Waals surface area (Å²) in [6.45, 7) is 16.9. The smallest absolute Gasteiger partial charge is 0.159 e. The summed E-state index contributed by atoms with van der Waals surface area (Å²) in [5.74, 6) is 0.979. The van der Waals surface area contributed by atoms with Gasteiger partial charge in [0, 0.05) is 45.2 Å². The number of aromatic nitrogens is 1. The molecule has 0 saturated carbocycles. The van der Waals surface area contributed by atoms with Gasteiger partial charge in [-0.25, -0.2) is 0 Å². The van der Waals surface area contributed by atoms with Gasteiger partial charge in [-0.05, 0) is 56.5 Å². The molecule has 4 heteroatoms. The molecule has 1 aliphatic rings. The topological polar surface area (TPSA) is 50.2 Å². The van der Waals surface area contributed by atoms with Crippen LogP contribution in [0.15, 0.2) is 72.6 Å². The number of aryl methyl sites for hydroxylation is 1. The minimum absolute atomic E-state index is 0. The van der Waals surface area contributed by atoms with Crippen molar-refractivity contribution >= 4 is 16.6 Å². The summed E-state index contributed by atoms with van der Waals surface area (Å²) in [6, 6.07) is 23.5. The summed E-state index contributed by atoms with van der Waals surface area (Å²) in [4.78, 5) is 16.0. The zero-order chi connectivity index (χ0) is 29.2. The summed E-state index contributed by atoms with van der Waals surface area (Å²) in [5.41, 5.74) is 9.85. The van der Waals surface area contributed by atoms with Crippen molar-refractivity contribution in [3.8, 4) is 33.5 Å². The van der Waals surface area contributed by atoms with Crippen LogP contribution in [0.4, 0.5) is 0 Å². The summed E-state index contributed by atoms with van der Waals surface area (Å²) in [7, 11) is 0. The Kier molecular flexibility index (Phi) is 10.5. The standard InChI is InChI=1S/C26H22N.C11H20O2.Ir/c1-16-8-10-21-22(14-16)23-15-18(26(2,3)4)9-11-19(23)20-7-5-6-17-12-13-27-25(21)24(17)20;1-8(2)5-10(12)7-11(13)6-9(3)4;/h5-9,11-15H,1-4H3;7-9,12H,5-6H2,1-4H3;/q-1;;/b;10-7-;. The van der Waals surface area contributed by atoms with E-state index < -0.39 is 0 Å². The first-order chi connectivity index (χ1) is 18.8. The Morgan fingerprint density at radius 2 is 1.63 bits per heavy atom. The first-order valence-electron chi connectivity index (χ1n) is 14.3. The zero-order valence-electron chi connectivity index (χ0n) is 25.6. The third-order valence-electron chi connectivity index (χ3n) is 7.13. The molecule has 5 rings (SSSR count). The van der Waals surface area contributed by atoms with Crippen LogP contribution >= 0.6 is 0 Å². The minimum Gasteiger partial charge on any atom is -0.512 e. The molecule has 0 aliphatic heterocycles. The van der Waals surface area contributed by atoms with E-state index in [9.17, 15) is 9.90 Å².